The van der Waals surface area contributed by atoms with Gasteiger partial charge in [-0.05, 0) is 57.2 Å². The van der Waals surface area contributed by atoms with Crippen molar-refractivity contribution in [3.8, 4) is 0 Å². The van der Waals surface area contributed by atoms with Gasteiger partial charge in [-0.1, -0.05) is 12.1 Å². The fourth-order valence-electron chi connectivity index (χ4n) is 2.49. The van der Waals surface area contributed by atoms with Gasteiger partial charge in [-0.25, -0.2) is 9.18 Å². The van der Waals surface area contributed by atoms with E-state index in [-0.39, 0.29) is 11.9 Å². The number of amides is 1. The van der Waals surface area contributed by atoms with Crippen molar-refractivity contribution in [3.63, 3.8) is 0 Å². The van der Waals surface area contributed by atoms with Crippen molar-refractivity contribution < 1.29 is 13.9 Å². The summed E-state index contributed by atoms with van der Waals surface area (Å²) in [7, 11) is 0. The Balaban J connectivity index is 1.88. The molecule has 2 rings (SSSR count). The smallest absolute Gasteiger partial charge is 0.410 e. The Morgan fingerprint density at radius 3 is 2.85 bits per heavy atom. The van der Waals surface area contributed by atoms with Crippen LogP contribution in [0.5, 0.6) is 0 Å². The van der Waals surface area contributed by atoms with E-state index in [9.17, 15) is 9.18 Å². The standard InChI is InChI=1S/C16H22FNO2/c1-16(2,3)20-15(19)18-8-7-13(11-18)9-12-5-4-6-14(17)10-12/h4-6,10,13H,7-9,11H2,1-3H3. The molecular weight excluding hydrogens is 257 g/mol. The Bertz CT molecular complexity index is 482. The van der Waals surface area contributed by atoms with E-state index in [2.05, 4.69) is 0 Å². The topological polar surface area (TPSA) is 29.5 Å². The van der Waals surface area contributed by atoms with Crippen LogP contribution in [0.4, 0.5) is 9.18 Å². The lowest BCUT2D eigenvalue weighted by Gasteiger charge is -2.24. The molecule has 0 aliphatic carbocycles. The molecule has 0 bridgehead atoms. The number of carbonyl (C=O) groups is 1. The molecule has 1 amide bonds. The SMILES string of the molecule is CC(C)(C)OC(=O)N1CCC(Cc2cccc(F)c2)C1. The van der Waals surface area contributed by atoms with Gasteiger partial charge in [-0.2, -0.15) is 0 Å². The van der Waals surface area contributed by atoms with Gasteiger partial charge in [-0.15, -0.1) is 0 Å². The normalized spacial score (nSPS) is 19.2. The summed E-state index contributed by atoms with van der Waals surface area (Å²) in [5.74, 6) is 0.175. The second kappa shape index (κ2) is 5.81. The molecule has 1 fully saturated rings. The van der Waals surface area contributed by atoms with Crippen LogP contribution in [-0.2, 0) is 11.2 Å². The summed E-state index contributed by atoms with van der Waals surface area (Å²) in [6, 6.07) is 6.67. The van der Waals surface area contributed by atoms with Crippen molar-refractivity contribution in [2.24, 2.45) is 5.92 Å². The highest BCUT2D eigenvalue weighted by molar-refractivity contribution is 5.68. The van der Waals surface area contributed by atoms with Gasteiger partial charge in [0.05, 0.1) is 0 Å². The molecule has 110 valence electrons. The number of halogens is 1. The monoisotopic (exact) mass is 279 g/mol. The Morgan fingerprint density at radius 2 is 2.20 bits per heavy atom. The average Bonchev–Trinajstić information content (AvgIpc) is 2.75. The Morgan fingerprint density at radius 1 is 1.45 bits per heavy atom. The van der Waals surface area contributed by atoms with Gasteiger partial charge in [0, 0.05) is 13.1 Å². The minimum atomic E-state index is -0.461. The summed E-state index contributed by atoms with van der Waals surface area (Å²) in [6.45, 7) is 7.00. The van der Waals surface area contributed by atoms with Gasteiger partial charge >= 0.3 is 6.09 Å². The number of hydrogen-bond acceptors (Lipinski definition) is 2. The van der Waals surface area contributed by atoms with E-state index in [0.717, 1.165) is 24.9 Å². The third-order valence-electron chi connectivity index (χ3n) is 3.35. The number of hydrogen-bond donors (Lipinski definition) is 0. The van der Waals surface area contributed by atoms with Crippen LogP contribution in [0.1, 0.15) is 32.8 Å². The van der Waals surface area contributed by atoms with Gasteiger partial charge in [-0.3, -0.25) is 0 Å². The zero-order valence-electron chi connectivity index (χ0n) is 12.4. The van der Waals surface area contributed by atoms with Crippen molar-refractivity contribution in [1.82, 2.24) is 4.90 Å². The molecule has 1 unspecified atom stereocenters. The molecule has 4 heteroatoms. The van der Waals surface area contributed by atoms with Crippen LogP contribution in [0.25, 0.3) is 0 Å². The first-order valence-corrected chi connectivity index (χ1v) is 7.06. The first-order valence-electron chi connectivity index (χ1n) is 7.06. The summed E-state index contributed by atoms with van der Waals surface area (Å²) in [5, 5.41) is 0. The average molecular weight is 279 g/mol. The van der Waals surface area contributed by atoms with E-state index >= 15 is 0 Å². The molecule has 0 aromatic heterocycles. The second-order valence-corrected chi connectivity index (χ2v) is 6.42. The summed E-state index contributed by atoms with van der Waals surface area (Å²) < 4.78 is 18.5. The zero-order chi connectivity index (χ0) is 14.8. The molecule has 1 atom stereocenters. The van der Waals surface area contributed by atoms with E-state index in [1.54, 1.807) is 17.0 Å². The first-order chi connectivity index (χ1) is 9.33. The molecular formula is C16H22FNO2. The van der Waals surface area contributed by atoms with Crippen LogP contribution in [-0.4, -0.2) is 29.7 Å². The minimum Gasteiger partial charge on any atom is -0.444 e. The number of likely N-dealkylation sites (tertiary alicyclic amines) is 1. The van der Waals surface area contributed by atoms with Crippen LogP contribution in [0.2, 0.25) is 0 Å². The maximum absolute atomic E-state index is 13.1. The maximum atomic E-state index is 13.1. The minimum absolute atomic E-state index is 0.204. The van der Waals surface area contributed by atoms with Crippen molar-refractivity contribution in [2.75, 3.05) is 13.1 Å². The molecule has 20 heavy (non-hydrogen) atoms. The first kappa shape index (κ1) is 14.8. The van der Waals surface area contributed by atoms with E-state index in [4.69, 9.17) is 4.74 Å². The fraction of sp³-hybridized carbons (Fsp3) is 0.562. The third-order valence-corrected chi connectivity index (χ3v) is 3.35. The van der Waals surface area contributed by atoms with Gasteiger partial charge < -0.3 is 9.64 Å². The lowest BCUT2D eigenvalue weighted by molar-refractivity contribution is 0.0288. The highest BCUT2D eigenvalue weighted by atomic mass is 19.1. The summed E-state index contributed by atoms with van der Waals surface area (Å²) in [6.07, 6.45) is 1.49. The highest BCUT2D eigenvalue weighted by Gasteiger charge is 2.29. The van der Waals surface area contributed by atoms with E-state index in [1.807, 2.05) is 26.8 Å². The second-order valence-electron chi connectivity index (χ2n) is 6.42. The summed E-state index contributed by atoms with van der Waals surface area (Å²) in [5.41, 5.74) is 0.526. The predicted molar refractivity (Wildman–Crippen MR) is 76.0 cm³/mol. The lowest BCUT2D eigenvalue weighted by atomic mass is 9.99. The predicted octanol–water partition coefficient (Wildman–Crippen LogP) is 3.63. The van der Waals surface area contributed by atoms with Crippen molar-refractivity contribution in [3.05, 3.63) is 35.6 Å². The quantitative estimate of drug-likeness (QED) is 0.827. The Kier molecular flexibility index (Phi) is 4.31. The lowest BCUT2D eigenvalue weighted by Crippen LogP contribution is -2.35. The van der Waals surface area contributed by atoms with Gasteiger partial charge in [0.15, 0.2) is 0 Å². The fourth-order valence-corrected chi connectivity index (χ4v) is 2.49. The number of nitrogens with zero attached hydrogens (tertiary/aromatic N) is 1. The Hall–Kier alpha value is -1.58. The summed E-state index contributed by atoms with van der Waals surface area (Å²) >= 11 is 0. The van der Waals surface area contributed by atoms with E-state index in [0.29, 0.717) is 12.5 Å². The highest BCUT2D eigenvalue weighted by Crippen LogP contribution is 2.23. The third kappa shape index (κ3) is 4.22. The molecule has 0 spiro atoms. The van der Waals surface area contributed by atoms with Crippen LogP contribution in [0, 0.1) is 11.7 Å². The van der Waals surface area contributed by atoms with Gasteiger partial charge in [0.25, 0.3) is 0 Å². The number of rotatable bonds is 2. The molecule has 1 saturated heterocycles. The molecule has 0 N–H and O–H groups in total. The summed E-state index contributed by atoms with van der Waals surface area (Å²) in [4.78, 5) is 13.7. The van der Waals surface area contributed by atoms with Crippen molar-refractivity contribution in [2.45, 2.75) is 39.2 Å². The van der Waals surface area contributed by atoms with Crippen molar-refractivity contribution in [1.29, 1.82) is 0 Å². The molecule has 1 aliphatic heterocycles. The van der Waals surface area contributed by atoms with Gasteiger partial charge in [0.1, 0.15) is 11.4 Å². The van der Waals surface area contributed by atoms with Crippen LogP contribution < -0.4 is 0 Å². The number of ether oxygens (including phenoxy) is 1. The molecule has 3 nitrogen and oxygen atoms in total. The molecule has 1 aliphatic rings. The van der Waals surface area contributed by atoms with Crippen LogP contribution >= 0.6 is 0 Å². The largest absolute Gasteiger partial charge is 0.444 e. The van der Waals surface area contributed by atoms with Crippen molar-refractivity contribution >= 4 is 6.09 Å². The van der Waals surface area contributed by atoms with Crippen LogP contribution in [0.15, 0.2) is 24.3 Å². The molecule has 1 aromatic rings. The molecule has 1 heterocycles. The molecule has 0 radical (unpaired) electrons. The number of benzene rings is 1. The van der Waals surface area contributed by atoms with Crippen LogP contribution in [0.3, 0.4) is 0 Å². The zero-order valence-corrected chi connectivity index (χ0v) is 12.4. The molecule has 0 saturated carbocycles. The van der Waals surface area contributed by atoms with E-state index in [1.165, 1.54) is 6.07 Å². The number of carbonyl (C=O) groups excluding carboxylic acids is 1. The Labute approximate surface area is 119 Å². The van der Waals surface area contributed by atoms with Gasteiger partial charge in [0.2, 0.25) is 0 Å². The molecule has 1 aromatic carbocycles. The maximum Gasteiger partial charge on any atom is 0.410 e. The van der Waals surface area contributed by atoms with E-state index < -0.39 is 5.60 Å².